The summed E-state index contributed by atoms with van der Waals surface area (Å²) >= 11 is 0. The highest BCUT2D eigenvalue weighted by Crippen LogP contribution is 2.45. The summed E-state index contributed by atoms with van der Waals surface area (Å²) in [6.45, 7) is 25.2. The Bertz CT molecular complexity index is 2070. The molecule has 2 aliphatic heterocycles. The number of aliphatic imine (C=N–C) groups is 1. The van der Waals surface area contributed by atoms with Crippen molar-refractivity contribution >= 4 is 41.0 Å². The predicted molar refractivity (Wildman–Crippen MR) is 191 cm³/mol. The quantitative estimate of drug-likeness (QED) is 0.147. The van der Waals surface area contributed by atoms with Crippen LogP contribution in [0.3, 0.4) is 0 Å². The van der Waals surface area contributed by atoms with Crippen molar-refractivity contribution in [2.45, 2.75) is 98.3 Å². The van der Waals surface area contributed by atoms with Gasteiger partial charge in [0.15, 0.2) is 12.2 Å². The van der Waals surface area contributed by atoms with Crippen LogP contribution < -0.4 is 9.75 Å². The Kier molecular flexibility index (Phi) is 7.05. The Morgan fingerprint density at radius 2 is 1.76 bits per heavy atom. The standard InChI is InChI=1S/C40H46N3OSi/c1-22(2)32-20-35-30-14-12-11-13-29(30)31-16-15-28-17-24(4)37-33-18-23(3)26(6)42-40(33)44-39(37)38(28)27(7)41-25(5)19-34(31)43(35)21-36(32)45(8,9)10/h11-14,17-18,20-22,31,34H,5,15-16,19H2,1-4,6-10H3/q+1/b41-27-. The van der Waals surface area contributed by atoms with E-state index in [4.69, 9.17) is 14.4 Å². The molecule has 2 unspecified atom stereocenters. The topological polar surface area (TPSA) is 42.3 Å². The molecule has 0 bridgehead atoms. The molecule has 45 heavy (non-hydrogen) atoms. The molecule has 2 atom stereocenters. The van der Waals surface area contributed by atoms with Gasteiger partial charge < -0.3 is 4.42 Å². The van der Waals surface area contributed by atoms with E-state index in [1.54, 1.807) is 5.19 Å². The Labute approximate surface area is 268 Å². The van der Waals surface area contributed by atoms with E-state index >= 15 is 0 Å². The van der Waals surface area contributed by atoms with Gasteiger partial charge in [-0.1, -0.05) is 64.3 Å². The maximum atomic E-state index is 6.60. The van der Waals surface area contributed by atoms with Crippen LogP contribution in [0.25, 0.3) is 33.3 Å². The average molecular weight is 613 g/mol. The van der Waals surface area contributed by atoms with Gasteiger partial charge in [0.1, 0.15) is 5.58 Å². The van der Waals surface area contributed by atoms with E-state index in [0.717, 1.165) is 58.3 Å². The summed E-state index contributed by atoms with van der Waals surface area (Å²) in [5, 5.41) is 3.81. The third kappa shape index (κ3) is 4.82. The average Bonchev–Trinajstić information content (AvgIpc) is 3.33. The molecule has 0 aliphatic carbocycles. The summed E-state index contributed by atoms with van der Waals surface area (Å²) < 4.78 is 9.22. The van der Waals surface area contributed by atoms with Gasteiger partial charge in [0.25, 0.3) is 0 Å². The van der Waals surface area contributed by atoms with Crippen LogP contribution in [0.2, 0.25) is 19.6 Å². The van der Waals surface area contributed by atoms with Crippen LogP contribution in [0.1, 0.15) is 90.6 Å². The fourth-order valence-electron chi connectivity index (χ4n) is 8.04. The van der Waals surface area contributed by atoms with Gasteiger partial charge in [0.05, 0.1) is 14.5 Å². The van der Waals surface area contributed by atoms with Crippen LogP contribution >= 0.6 is 0 Å². The van der Waals surface area contributed by atoms with Gasteiger partial charge in [-0.3, -0.25) is 4.99 Å². The zero-order valence-electron chi connectivity index (χ0n) is 28.4. The van der Waals surface area contributed by atoms with E-state index in [-0.39, 0.29) is 6.04 Å². The highest BCUT2D eigenvalue weighted by atomic mass is 28.3. The summed E-state index contributed by atoms with van der Waals surface area (Å²) in [6, 6.07) is 16.5. The van der Waals surface area contributed by atoms with Gasteiger partial charge in [0, 0.05) is 56.2 Å². The number of aromatic nitrogens is 2. The minimum atomic E-state index is -1.60. The van der Waals surface area contributed by atoms with E-state index in [1.165, 1.54) is 39.1 Å². The number of pyridine rings is 2. The van der Waals surface area contributed by atoms with Crippen LogP contribution in [-0.4, -0.2) is 18.8 Å². The third-order valence-corrected chi connectivity index (χ3v) is 12.4. The lowest BCUT2D eigenvalue weighted by Gasteiger charge is -2.33. The number of benzene rings is 2. The molecule has 5 aromatic rings. The number of allylic oxidation sites excluding steroid dienone is 1. The molecule has 0 saturated carbocycles. The Morgan fingerprint density at radius 1 is 1.00 bits per heavy atom. The minimum absolute atomic E-state index is 0.253. The number of fused-ring (bicyclic) bond motifs is 11. The second-order valence-corrected chi connectivity index (χ2v) is 19.9. The summed E-state index contributed by atoms with van der Waals surface area (Å²) in [4.78, 5) is 10.1. The number of hydrogen-bond acceptors (Lipinski definition) is 3. The molecule has 0 saturated heterocycles. The van der Waals surface area contributed by atoms with Crippen molar-refractivity contribution in [3.63, 3.8) is 0 Å². The Morgan fingerprint density at radius 3 is 2.49 bits per heavy atom. The van der Waals surface area contributed by atoms with Gasteiger partial charge >= 0.3 is 0 Å². The highest BCUT2D eigenvalue weighted by molar-refractivity contribution is 6.89. The largest absolute Gasteiger partial charge is 0.437 e. The number of furan rings is 1. The lowest BCUT2D eigenvalue weighted by molar-refractivity contribution is -0.717. The number of hydrogen-bond donors (Lipinski definition) is 0. The maximum Gasteiger partial charge on any atom is 0.227 e. The number of nitrogens with zero attached hydrogens (tertiary/aromatic N) is 3. The molecular formula is C40H46N3OSi+. The predicted octanol–water partition coefficient (Wildman–Crippen LogP) is 9.53. The first-order valence-electron chi connectivity index (χ1n) is 16.6. The van der Waals surface area contributed by atoms with Gasteiger partial charge in [-0.15, -0.1) is 0 Å². The van der Waals surface area contributed by atoms with E-state index < -0.39 is 8.07 Å². The monoisotopic (exact) mass is 612 g/mol. The van der Waals surface area contributed by atoms with Crippen LogP contribution in [0.4, 0.5) is 0 Å². The molecule has 2 aliphatic rings. The van der Waals surface area contributed by atoms with Gasteiger partial charge in [-0.05, 0) is 86.4 Å². The second kappa shape index (κ2) is 10.6. The first kappa shape index (κ1) is 29.9. The van der Waals surface area contributed by atoms with Crippen LogP contribution in [0.5, 0.6) is 0 Å². The normalized spacial score (nSPS) is 19.6. The van der Waals surface area contributed by atoms with Crippen LogP contribution in [0.15, 0.2) is 70.3 Å². The van der Waals surface area contributed by atoms with E-state index in [0.29, 0.717) is 17.5 Å². The molecule has 3 aromatic heterocycles. The third-order valence-electron chi connectivity index (χ3n) is 10.4. The van der Waals surface area contributed by atoms with Crippen LogP contribution in [0, 0.1) is 20.8 Å². The van der Waals surface area contributed by atoms with E-state index in [1.807, 2.05) is 0 Å². The molecule has 230 valence electrons. The zero-order valence-corrected chi connectivity index (χ0v) is 29.4. The van der Waals surface area contributed by atoms with Gasteiger partial charge in [-0.2, -0.15) is 4.57 Å². The van der Waals surface area contributed by atoms with Gasteiger partial charge in [-0.25, -0.2) is 4.98 Å². The Balaban J connectivity index is 1.44. The van der Waals surface area contributed by atoms with Crippen molar-refractivity contribution in [3.05, 3.63) is 100 Å². The van der Waals surface area contributed by atoms with E-state index in [9.17, 15) is 0 Å². The molecular weight excluding hydrogens is 567 g/mol. The SMILES string of the molecule is C=C1CC2C(CCc3cc(C)c4c(oc5nc(C)c(C)cc54)c3/C(C)=N\1)c1ccccc1-c1cc(C(C)C)c([Si](C)(C)C)c[n+]12. The van der Waals surface area contributed by atoms with Crippen molar-refractivity contribution in [2.24, 2.45) is 4.99 Å². The van der Waals surface area contributed by atoms with Gasteiger partial charge in [0.2, 0.25) is 11.4 Å². The molecule has 0 amide bonds. The Hall–Kier alpha value is -3.83. The fraction of sp³-hybridized carbons (Fsp3) is 0.375. The first-order chi connectivity index (χ1) is 21.3. The van der Waals surface area contributed by atoms with Crippen molar-refractivity contribution < 1.29 is 8.98 Å². The maximum absolute atomic E-state index is 6.60. The van der Waals surface area contributed by atoms with Crippen molar-refractivity contribution in [2.75, 3.05) is 0 Å². The lowest BCUT2D eigenvalue weighted by atomic mass is 9.77. The summed E-state index contributed by atoms with van der Waals surface area (Å²) in [6.07, 6.45) is 5.33. The molecule has 5 heterocycles. The molecule has 5 heteroatoms. The highest BCUT2D eigenvalue weighted by Gasteiger charge is 2.42. The smallest absolute Gasteiger partial charge is 0.227 e. The number of aryl methyl sites for hydroxylation is 4. The van der Waals surface area contributed by atoms with Crippen molar-refractivity contribution in [3.8, 4) is 11.3 Å². The molecule has 4 nitrogen and oxygen atoms in total. The molecule has 0 radical (unpaired) electrons. The molecule has 0 spiro atoms. The lowest BCUT2D eigenvalue weighted by Crippen LogP contribution is -2.54. The van der Waals surface area contributed by atoms with E-state index in [2.05, 4.69) is 121 Å². The molecule has 2 aromatic carbocycles. The minimum Gasteiger partial charge on any atom is -0.437 e. The summed E-state index contributed by atoms with van der Waals surface area (Å²) in [5.41, 5.74) is 15.0. The van der Waals surface area contributed by atoms with Crippen molar-refractivity contribution in [1.82, 2.24) is 4.98 Å². The number of rotatable bonds is 2. The molecule has 0 fully saturated rings. The zero-order chi connectivity index (χ0) is 31.9. The molecule has 0 N–H and O–H groups in total. The van der Waals surface area contributed by atoms with Crippen molar-refractivity contribution in [1.29, 1.82) is 0 Å². The second-order valence-electron chi connectivity index (χ2n) is 14.9. The molecule has 7 rings (SSSR count). The summed E-state index contributed by atoms with van der Waals surface area (Å²) in [7, 11) is -1.60. The first-order valence-corrected chi connectivity index (χ1v) is 20.1. The van der Waals surface area contributed by atoms with Crippen LogP contribution in [-0.2, 0) is 6.42 Å². The fourth-order valence-corrected chi connectivity index (χ4v) is 9.79. The summed E-state index contributed by atoms with van der Waals surface area (Å²) in [5.74, 6) is 0.821.